The average Bonchev–Trinajstić information content (AvgIpc) is 2.11. The van der Waals surface area contributed by atoms with Crippen molar-refractivity contribution < 1.29 is 13.2 Å². The molecular formula is C4H4N2O3S. The highest BCUT2D eigenvalue weighted by atomic mass is 32.2. The molecule has 0 saturated heterocycles. The Hall–Kier alpha value is -1.17. The molecule has 5 nitrogen and oxygen atoms in total. The fourth-order valence-corrected chi connectivity index (χ4v) is 1.08. The molecule has 10 heavy (non-hydrogen) atoms. The summed E-state index contributed by atoms with van der Waals surface area (Å²) in [5.74, 6) is -0.661. The van der Waals surface area contributed by atoms with Gasteiger partial charge in [0.25, 0.3) is 5.91 Å². The van der Waals surface area contributed by atoms with Gasteiger partial charge in [-0.15, -0.1) is 0 Å². The van der Waals surface area contributed by atoms with Gasteiger partial charge in [-0.1, -0.05) is 0 Å². The van der Waals surface area contributed by atoms with Gasteiger partial charge in [-0.2, -0.15) is 13.5 Å². The van der Waals surface area contributed by atoms with Crippen LogP contribution in [0.3, 0.4) is 0 Å². The fraction of sp³-hybridized carbons (Fsp3) is 0.250. The van der Waals surface area contributed by atoms with Gasteiger partial charge in [-0.25, -0.2) is 5.43 Å². The summed E-state index contributed by atoms with van der Waals surface area (Å²) < 4.78 is 20.5. The lowest BCUT2D eigenvalue weighted by Gasteiger charge is -1.81. The van der Waals surface area contributed by atoms with Gasteiger partial charge in [0.1, 0.15) is 0 Å². The molecule has 0 spiro atoms. The van der Waals surface area contributed by atoms with E-state index in [1.807, 2.05) is 5.43 Å². The van der Waals surface area contributed by atoms with Crippen LogP contribution in [0.4, 0.5) is 0 Å². The summed E-state index contributed by atoms with van der Waals surface area (Å²) in [4.78, 5) is 10.3. The van der Waals surface area contributed by atoms with Crippen LogP contribution in [0, 0.1) is 0 Å². The Balaban J connectivity index is 3.34. The predicted octanol–water partition coefficient (Wildman–Crippen LogP) is -1.46. The van der Waals surface area contributed by atoms with E-state index >= 15 is 0 Å². The zero-order valence-electron chi connectivity index (χ0n) is 5.08. The van der Waals surface area contributed by atoms with Crippen molar-refractivity contribution in [1.82, 2.24) is 5.43 Å². The molecule has 0 atom stereocenters. The average molecular weight is 160 g/mol. The largest absolute Gasteiger partial charge is 0.288 e. The van der Waals surface area contributed by atoms with Crippen molar-refractivity contribution in [1.29, 1.82) is 0 Å². The second-order valence-corrected chi connectivity index (χ2v) is 2.58. The topological polar surface area (TPSA) is 75.6 Å². The lowest BCUT2D eigenvalue weighted by atomic mass is 10.3. The van der Waals surface area contributed by atoms with Gasteiger partial charge in [0, 0.05) is 0 Å². The summed E-state index contributed by atoms with van der Waals surface area (Å²) in [6.07, 6.45) is 0. The monoisotopic (exact) mass is 160 g/mol. The number of hydrogen-bond donors (Lipinski definition) is 1. The van der Waals surface area contributed by atoms with Gasteiger partial charge in [-0.05, 0) is 6.92 Å². The van der Waals surface area contributed by atoms with E-state index in [9.17, 15) is 13.2 Å². The molecular weight excluding hydrogens is 156 g/mol. The summed E-state index contributed by atoms with van der Waals surface area (Å²) in [6.45, 7) is 1.45. The maximum absolute atomic E-state index is 10.6. The lowest BCUT2D eigenvalue weighted by molar-refractivity contribution is -0.114. The number of nitrogens with one attached hydrogen (secondary N) is 1. The molecule has 0 aliphatic carbocycles. The number of hydrogen-bond acceptors (Lipinski definition) is 4. The SMILES string of the molecule is CC1=NNC(=O)C1=S(=O)=O. The minimum Gasteiger partial charge on any atom is -0.266 e. The number of hydrazone groups is 1. The minimum absolute atomic E-state index is 0.207. The molecule has 1 N–H and O–H groups in total. The van der Waals surface area contributed by atoms with Crippen LogP contribution in [0.15, 0.2) is 5.10 Å². The molecule has 1 heterocycles. The van der Waals surface area contributed by atoms with E-state index in [1.165, 1.54) is 6.92 Å². The Labute approximate surface area is 58.3 Å². The molecule has 54 valence electrons. The van der Waals surface area contributed by atoms with Crippen LogP contribution in [0.2, 0.25) is 0 Å². The molecule has 6 heteroatoms. The smallest absolute Gasteiger partial charge is 0.266 e. The molecule has 0 radical (unpaired) electrons. The van der Waals surface area contributed by atoms with E-state index in [0.29, 0.717) is 0 Å². The van der Waals surface area contributed by atoms with E-state index in [0.717, 1.165) is 0 Å². The van der Waals surface area contributed by atoms with Crippen LogP contribution in [0.5, 0.6) is 0 Å². The summed E-state index contributed by atoms with van der Waals surface area (Å²) in [7, 11) is -2.48. The summed E-state index contributed by atoms with van der Waals surface area (Å²) >= 11 is 0. The molecule has 1 amide bonds. The quantitative estimate of drug-likeness (QED) is 0.440. The number of amides is 1. The zero-order chi connectivity index (χ0) is 7.72. The third-order valence-electron chi connectivity index (χ3n) is 1.03. The van der Waals surface area contributed by atoms with E-state index in [2.05, 4.69) is 5.10 Å². The standard InChI is InChI=1S/C4H4N2O3S/c1-2-3(10(8)9)4(7)6-5-2/h1H3,(H,6,7). The Morgan fingerprint density at radius 3 is 2.30 bits per heavy atom. The van der Waals surface area contributed by atoms with E-state index in [4.69, 9.17) is 0 Å². The van der Waals surface area contributed by atoms with Gasteiger partial charge >= 0.3 is 0 Å². The Morgan fingerprint density at radius 1 is 1.50 bits per heavy atom. The normalized spacial score (nSPS) is 16.7. The summed E-state index contributed by atoms with van der Waals surface area (Å²) in [5, 5.41) is 3.41. The summed E-state index contributed by atoms with van der Waals surface area (Å²) in [5.41, 5.74) is 2.23. The van der Waals surface area contributed by atoms with Gasteiger partial charge in [-0.3, -0.25) is 4.79 Å². The molecule has 0 unspecified atom stereocenters. The maximum atomic E-state index is 10.6. The third kappa shape index (κ3) is 0.926. The second-order valence-electron chi connectivity index (χ2n) is 1.70. The van der Waals surface area contributed by atoms with Crippen LogP contribution < -0.4 is 5.43 Å². The fourth-order valence-electron chi connectivity index (χ4n) is 0.597. The van der Waals surface area contributed by atoms with E-state index < -0.39 is 16.2 Å². The maximum Gasteiger partial charge on any atom is 0.288 e. The van der Waals surface area contributed by atoms with Crippen molar-refractivity contribution in [2.45, 2.75) is 6.92 Å². The van der Waals surface area contributed by atoms with Crippen molar-refractivity contribution >= 4 is 26.8 Å². The minimum atomic E-state index is -2.48. The van der Waals surface area contributed by atoms with Crippen molar-refractivity contribution in [2.75, 3.05) is 0 Å². The number of carbonyl (C=O) groups excluding carboxylic acids is 1. The van der Waals surface area contributed by atoms with Crippen LogP contribution in [-0.4, -0.2) is 24.9 Å². The van der Waals surface area contributed by atoms with Crippen LogP contribution in [0.1, 0.15) is 6.92 Å². The number of rotatable bonds is 0. The molecule has 1 aliphatic heterocycles. The Kier molecular flexibility index (Phi) is 1.54. The molecule has 0 aromatic rings. The number of nitrogens with zero attached hydrogens (tertiary/aromatic N) is 1. The second kappa shape index (κ2) is 2.22. The molecule has 0 fully saturated rings. The highest BCUT2D eigenvalue weighted by molar-refractivity contribution is 7.77. The summed E-state index contributed by atoms with van der Waals surface area (Å²) in [6, 6.07) is 0. The van der Waals surface area contributed by atoms with Gasteiger partial charge in [0.2, 0.25) is 10.3 Å². The molecule has 0 aromatic heterocycles. The first kappa shape index (κ1) is 6.94. The third-order valence-corrected chi connectivity index (χ3v) is 1.84. The molecule has 0 saturated carbocycles. The van der Waals surface area contributed by atoms with Crippen molar-refractivity contribution in [3.05, 3.63) is 0 Å². The van der Waals surface area contributed by atoms with Crippen molar-refractivity contribution in [3.8, 4) is 0 Å². The van der Waals surface area contributed by atoms with E-state index in [1.54, 1.807) is 0 Å². The Morgan fingerprint density at radius 2 is 2.10 bits per heavy atom. The van der Waals surface area contributed by atoms with Gasteiger partial charge in [0.15, 0.2) is 4.86 Å². The van der Waals surface area contributed by atoms with Crippen LogP contribution in [0.25, 0.3) is 0 Å². The first-order valence-electron chi connectivity index (χ1n) is 2.44. The highest BCUT2D eigenvalue weighted by Crippen LogP contribution is 1.89. The van der Waals surface area contributed by atoms with Gasteiger partial charge < -0.3 is 0 Å². The van der Waals surface area contributed by atoms with Crippen LogP contribution in [-0.2, 0) is 15.1 Å². The van der Waals surface area contributed by atoms with Gasteiger partial charge in [0.05, 0.1) is 5.71 Å². The van der Waals surface area contributed by atoms with Crippen LogP contribution >= 0.6 is 0 Å². The molecule has 1 aliphatic rings. The Bertz CT molecular complexity index is 330. The van der Waals surface area contributed by atoms with Crippen molar-refractivity contribution in [3.63, 3.8) is 0 Å². The first-order valence-corrected chi connectivity index (χ1v) is 3.51. The molecule has 1 rings (SSSR count). The lowest BCUT2D eigenvalue weighted by Crippen LogP contribution is -2.22. The molecule has 0 aromatic carbocycles. The predicted molar refractivity (Wildman–Crippen MR) is 35.2 cm³/mol. The molecule has 0 bridgehead atoms. The first-order chi connectivity index (χ1) is 4.63. The highest BCUT2D eigenvalue weighted by Gasteiger charge is 2.21. The van der Waals surface area contributed by atoms with Crippen molar-refractivity contribution in [2.24, 2.45) is 5.10 Å². The van der Waals surface area contributed by atoms with E-state index in [-0.39, 0.29) is 10.6 Å². The number of carbonyl (C=O) groups is 1. The zero-order valence-corrected chi connectivity index (χ0v) is 5.90.